The monoisotopic (exact) mass is 236 g/mol. The molecule has 0 amide bonds. The van der Waals surface area contributed by atoms with Gasteiger partial charge in [-0.1, -0.05) is 20.3 Å². The molecular formula is C14H24N2O. The molecule has 2 N–H and O–H groups in total. The van der Waals surface area contributed by atoms with Crippen molar-refractivity contribution in [1.29, 1.82) is 0 Å². The Kier molecular flexibility index (Phi) is 3.89. The van der Waals surface area contributed by atoms with Crippen molar-refractivity contribution in [3.05, 3.63) is 23.7 Å². The first kappa shape index (κ1) is 12.7. The summed E-state index contributed by atoms with van der Waals surface area (Å²) in [5.74, 6) is 1.93. The van der Waals surface area contributed by atoms with Crippen molar-refractivity contribution in [1.82, 2.24) is 4.90 Å². The van der Waals surface area contributed by atoms with Gasteiger partial charge in [-0.15, -0.1) is 0 Å². The summed E-state index contributed by atoms with van der Waals surface area (Å²) in [5, 5.41) is 0. The number of piperidine rings is 1. The van der Waals surface area contributed by atoms with Crippen LogP contribution >= 0.6 is 0 Å². The zero-order chi connectivity index (χ0) is 12.3. The van der Waals surface area contributed by atoms with E-state index in [1.165, 1.54) is 32.4 Å². The van der Waals surface area contributed by atoms with E-state index in [4.69, 9.17) is 10.2 Å². The summed E-state index contributed by atoms with van der Waals surface area (Å²) in [7, 11) is 0. The van der Waals surface area contributed by atoms with Gasteiger partial charge in [0.1, 0.15) is 11.5 Å². The van der Waals surface area contributed by atoms with Crippen LogP contribution < -0.4 is 5.73 Å². The van der Waals surface area contributed by atoms with Gasteiger partial charge in [-0.05, 0) is 43.5 Å². The molecule has 3 nitrogen and oxygen atoms in total. The predicted octanol–water partition coefficient (Wildman–Crippen LogP) is 2.75. The summed E-state index contributed by atoms with van der Waals surface area (Å²) in [6.07, 6.45) is 3.89. The van der Waals surface area contributed by atoms with Gasteiger partial charge < -0.3 is 10.2 Å². The van der Waals surface area contributed by atoms with Crippen LogP contribution in [0.4, 0.5) is 0 Å². The molecule has 0 bridgehead atoms. The lowest BCUT2D eigenvalue weighted by Gasteiger charge is -2.38. The summed E-state index contributed by atoms with van der Waals surface area (Å²) in [6, 6.07) is 4.03. The Morgan fingerprint density at radius 3 is 2.47 bits per heavy atom. The highest BCUT2D eigenvalue weighted by atomic mass is 16.3. The van der Waals surface area contributed by atoms with Crippen LogP contribution in [0.25, 0.3) is 0 Å². The average Bonchev–Trinajstić information content (AvgIpc) is 2.80. The van der Waals surface area contributed by atoms with Gasteiger partial charge >= 0.3 is 0 Å². The number of likely N-dealkylation sites (tertiary alicyclic amines) is 1. The largest absolute Gasteiger partial charge is 0.463 e. The third kappa shape index (κ3) is 3.11. The molecule has 0 unspecified atom stereocenters. The maximum Gasteiger partial charge on any atom is 0.118 e. The van der Waals surface area contributed by atoms with Crippen LogP contribution in [-0.4, -0.2) is 18.0 Å². The van der Waals surface area contributed by atoms with Crippen LogP contribution in [-0.2, 0) is 13.1 Å². The van der Waals surface area contributed by atoms with Crippen LogP contribution in [0.15, 0.2) is 16.5 Å². The summed E-state index contributed by atoms with van der Waals surface area (Å²) in [6.45, 7) is 8.50. The Morgan fingerprint density at radius 1 is 1.29 bits per heavy atom. The van der Waals surface area contributed by atoms with E-state index in [0.717, 1.165) is 18.1 Å². The fourth-order valence-corrected chi connectivity index (χ4v) is 2.44. The number of hydrogen-bond acceptors (Lipinski definition) is 3. The Bertz CT molecular complexity index is 351. The number of nitrogens with zero attached hydrogens (tertiary/aromatic N) is 1. The lowest BCUT2D eigenvalue weighted by atomic mass is 9.78. The molecule has 1 fully saturated rings. The highest BCUT2D eigenvalue weighted by Crippen LogP contribution is 2.34. The number of furan rings is 1. The fourth-order valence-electron chi connectivity index (χ4n) is 2.44. The zero-order valence-electron chi connectivity index (χ0n) is 11.0. The minimum atomic E-state index is 0.494. The molecule has 0 saturated carbocycles. The fraction of sp³-hybridized carbons (Fsp3) is 0.714. The zero-order valence-corrected chi connectivity index (χ0v) is 11.0. The SMILES string of the molecule is CCC1(C)CCN(Cc2ccc(CN)o2)CC1. The van der Waals surface area contributed by atoms with Crippen LogP contribution in [0.1, 0.15) is 44.6 Å². The van der Waals surface area contributed by atoms with Crippen molar-refractivity contribution in [2.24, 2.45) is 11.1 Å². The minimum absolute atomic E-state index is 0.494. The smallest absolute Gasteiger partial charge is 0.118 e. The maximum atomic E-state index is 5.65. The van der Waals surface area contributed by atoms with E-state index in [1.54, 1.807) is 0 Å². The van der Waals surface area contributed by atoms with Crippen molar-refractivity contribution >= 4 is 0 Å². The molecular weight excluding hydrogens is 212 g/mol. The molecule has 17 heavy (non-hydrogen) atoms. The van der Waals surface area contributed by atoms with E-state index in [9.17, 15) is 0 Å². The molecule has 3 heteroatoms. The van der Waals surface area contributed by atoms with E-state index in [0.29, 0.717) is 12.0 Å². The molecule has 2 heterocycles. The van der Waals surface area contributed by atoms with Gasteiger partial charge in [-0.2, -0.15) is 0 Å². The Balaban J connectivity index is 1.85. The molecule has 1 aliphatic rings. The van der Waals surface area contributed by atoms with E-state index in [2.05, 4.69) is 24.8 Å². The molecule has 0 spiro atoms. The molecule has 1 saturated heterocycles. The van der Waals surface area contributed by atoms with Gasteiger partial charge in [0.25, 0.3) is 0 Å². The summed E-state index contributed by atoms with van der Waals surface area (Å²) >= 11 is 0. The van der Waals surface area contributed by atoms with E-state index < -0.39 is 0 Å². The van der Waals surface area contributed by atoms with Crippen molar-refractivity contribution in [3.8, 4) is 0 Å². The predicted molar refractivity (Wildman–Crippen MR) is 69.5 cm³/mol. The Hall–Kier alpha value is -0.800. The first-order valence-corrected chi connectivity index (χ1v) is 6.65. The molecule has 0 aliphatic carbocycles. The molecule has 1 aliphatic heterocycles. The van der Waals surface area contributed by atoms with Crippen molar-refractivity contribution in [3.63, 3.8) is 0 Å². The first-order chi connectivity index (χ1) is 8.15. The molecule has 0 aromatic carbocycles. The third-order valence-electron chi connectivity index (χ3n) is 4.21. The third-order valence-corrected chi connectivity index (χ3v) is 4.21. The van der Waals surface area contributed by atoms with Crippen LogP contribution in [0, 0.1) is 5.41 Å². The minimum Gasteiger partial charge on any atom is -0.463 e. The van der Waals surface area contributed by atoms with Gasteiger partial charge in [-0.25, -0.2) is 0 Å². The highest BCUT2D eigenvalue weighted by Gasteiger charge is 2.28. The Morgan fingerprint density at radius 2 is 1.94 bits per heavy atom. The number of rotatable bonds is 4. The second-order valence-corrected chi connectivity index (χ2v) is 5.51. The second-order valence-electron chi connectivity index (χ2n) is 5.51. The van der Waals surface area contributed by atoms with Gasteiger partial charge in [0.15, 0.2) is 0 Å². The number of hydrogen-bond donors (Lipinski definition) is 1. The van der Waals surface area contributed by atoms with Crippen LogP contribution in [0.5, 0.6) is 0 Å². The van der Waals surface area contributed by atoms with Gasteiger partial charge in [0.2, 0.25) is 0 Å². The van der Waals surface area contributed by atoms with Crippen LogP contribution in [0.3, 0.4) is 0 Å². The van der Waals surface area contributed by atoms with Gasteiger partial charge in [0, 0.05) is 0 Å². The molecule has 1 aromatic heterocycles. The molecule has 2 rings (SSSR count). The topological polar surface area (TPSA) is 42.4 Å². The summed E-state index contributed by atoms with van der Waals surface area (Å²) in [5.41, 5.74) is 6.10. The molecule has 0 radical (unpaired) electrons. The maximum absolute atomic E-state index is 5.65. The first-order valence-electron chi connectivity index (χ1n) is 6.65. The van der Waals surface area contributed by atoms with Crippen molar-refractivity contribution in [2.45, 2.75) is 46.2 Å². The molecule has 96 valence electrons. The van der Waals surface area contributed by atoms with Gasteiger partial charge in [0.05, 0.1) is 13.1 Å². The lowest BCUT2D eigenvalue weighted by molar-refractivity contribution is 0.103. The normalized spacial score (nSPS) is 20.6. The molecule has 0 atom stereocenters. The average molecular weight is 236 g/mol. The summed E-state index contributed by atoms with van der Waals surface area (Å²) < 4.78 is 5.65. The van der Waals surface area contributed by atoms with E-state index in [-0.39, 0.29) is 0 Å². The van der Waals surface area contributed by atoms with Crippen molar-refractivity contribution < 1.29 is 4.42 Å². The standard InChI is InChI=1S/C14H24N2O/c1-3-14(2)6-8-16(9-7-14)11-13-5-4-12(10-15)17-13/h4-5H,3,6-11,15H2,1-2H3. The summed E-state index contributed by atoms with van der Waals surface area (Å²) in [4.78, 5) is 2.48. The quantitative estimate of drug-likeness (QED) is 0.874. The Labute approximate surface area is 104 Å². The lowest BCUT2D eigenvalue weighted by Crippen LogP contribution is -2.37. The van der Waals surface area contributed by atoms with Crippen LogP contribution in [0.2, 0.25) is 0 Å². The molecule has 1 aromatic rings. The van der Waals surface area contributed by atoms with Gasteiger partial charge in [-0.3, -0.25) is 4.90 Å². The van der Waals surface area contributed by atoms with E-state index >= 15 is 0 Å². The number of nitrogens with two attached hydrogens (primary N) is 1. The van der Waals surface area contributed by atoms with E-state index in [1.807, 2.05) is 6.07 Å². The van der Waals surface area contributed by atoms with Crippen molar-refractivity contribution in [2.75, 3.05) is 13.1 Å². The highest BCUT2D eigenvalue weighted by molar-refractivity contribution is 5.07. The second kappa shape index (κ2) is 5.23.